The molecule has 0 saturated carbocycles. The number of nitrogens with one attached hydrogen (secondary N) is 1. The lowest BCUT2D eigenvalue weighted by atomic mass is 10.2. The summed E-state index contributed by atoms with van der Waals surface area (Å²) in [6.45, 7) is 3.75. The minimum Gasteiger partial charge on any atom is -0.508 e. The van der Waals surface area contributed by atoms with E-state index >= 15 is 0 Å². The van der Waals surface area contributed by atoms with Crippen molar-refractivity contribution in [1.29, 1.82) is 0 Å². The van der Waals surface area contributed by atoms with Crippen molar-refractivity contribution in [2.24, 2.45) is 0 Å². The van der Waals surface area contributed by atoms with Gasteiger partial charge in [0.2, 0.25) is 0 Å². The van der Waals surface area contributed by atoms with Crippen LogP contribution in [0.2, 0.25) is 0 Å². The molecule has 2 rings (SSSR count). The summed E-state index contributed by atoms with van der Waals surface area (Å²) in [4.78, 5) is 0. The number of hydrogen-bond acceptors (Lipinski definition) is 3. The molecule has 1 heterocycles. The molecule has 0 bridgehead atoms. The first-order valence-corrected chi connectivity index (χ1v) is 5.03. The minimum atomic E-state index is 0.291. The number of benzene rings is 1. The third-order valence-electron chi connectivity index (χ3n) is 2.56. The molecular weight excluding hydrogens is 190 g/mol. The lowest BCUT2D eigenvalue weighted by molar-refractivity contribution is 0.476. The Morgan fingerprint density at radius 3 is 3.00 bits per heavy atom. The van der Waals surface area contributed by atoms with Crippen LogP contribution in [0.15, 0.2) is 18.2 Å². The minimum absolute atomic E-state index is 0.291. The molecular formula is C11H15N3O. The molecule has 4 nitrogen and oxygen atoms in total. The van der Waals surface area contributed by atoms with Gasteiger partial charge in [-0.2, -0.15) is 5.10 Å². The van der Waals surface area contributed by atoms with E-state index in [-0.39, 0.29) is 0 Å². The second-order valence-corrected chi connectivity index (χ2v) is 3.61. The Kier molecular flexibility index (Phi) is 2.60. The summed E-state index contributed by atoms with van der Waals surface area (Å²) < 4.78 is 1.96. The van der Waals surface area contributed by atoms with Gasteiger partial charge >= 0.3 is 0 Å². The van der Waals surface area contributed by atoms with E-state index in [4.69, 9.17) is 0 Å². The lowest BCUT2D eigenvalue weighted by Gasteiger charge is -2.02. The fraction of sp³-hybridized carbons (Fsp3) is 0.364. The van der Waals surface area contributed by atoms with E-state index in [0.29, 0.717) is 5.75 Å². The van der Waals surface area contributed by atoms with Crippen LogP contribution >= 0.6 is 0 Å². The summed E-state index contributed by atoms with van der Waals surface area (Å²) in [5.74, 6) is 0.291. The van der Waals surface area contributed by atoms with Crippen molar-refractivity contribution < 1.29 is 5.11 Å². The normalized spacial score (nSPS) is 11.1. The Balaban J connectivity index is 2.45. The third kappa shape index (κ3) is 1.80. The van der Waals surface area contributed by atoms with Gasteiger partial charge in [0.05, 0.1) is 12.1 Å². The highest BCUT2D eigenvalue weighted by molar-refractivity contribution is 5.82. The smallest absolute Gasteiger partial charge is 0.116 e. The maximum Gasteiger partial charge on any atom is 0.116 e. The number of phenolic OH excluding ortho intramolecular Hbond substituents is 1. The van der Waals surface area contributed by atoms with Gasteiger partial charge in [0.25, 0.3) is 0 Å². The van der Waals surface area contributed by atoms with Crippen LogP contribution in [0.4, 0.5) is 0 Å². The molecule has 0 atom stereocenters. The molecule has 80 valence electrons. The molecule has 4 heteroatoms. The Labute approximate surface area is 88.5 Å². The number of nitrogens with zero attached hydrogens (tertiary/aromatic N) is 2. The van der Waals surface area contributed by atoms with Gasteiger partial charge in [0, 0.05) is 17.6 Å². The molecule has 0 fully saturated rings. The van der Waals surface area contributed by atoms with E-state index < -0.39 is 0 Å². The molecule has 0 radical (unpaired) electrons. The van der Waals surface area contributed by atoms with Crippen molar-refractivity contribution in [3.63, 3.8) is 0 Å². The molecule has 0 aliphatic carbocycles. The molecule has 1 aromatic heterocycles. The number of fused-ring (bicyclic) bond motifs is 1. The quantitative estimate of drug-likeness (QED) is 0.793. The van der Waals surface area contributed by atoms with Crippen molar-refractivity contribution in [2.45, 2.75) is 13.5 Å². The van der Waals surface area contributed by atoms with Gasteiger partial charge in [0.15, 0.2) is 0 Å². The second-order valence-electron chi connectivity index (χ2n) is 3.61. The Morgan fingerprint density at radius 1 is 1.47 bits per heavy atom. The molecule has 0 aliphatic heterocycles. The van der Waals surface area contributed by atoms with Gasteiger partial charge in [-0.05, 0) is 32.2 Å². The monoisotopic (exact) mass is 205 g/mol. The number of aromatic hydroxyl groups is 1. The van der Waals surface area contributed by atoms with Crippen LogP contribution in [0.3, 0.4) is 0 Å². The predicted octanol–water partition coefficient (Wildman–Crippen LogP) is 1.27. The van der Waals surface area contributed by atoms with E-state index in [1.54, 1.807) is 12.1 Å². The number of aryl methyl sites for hydroxylation is 1. The van der Waals surface area contributed by atoms with E-state index in [1.807, 2.05) is 24.7 Å². The van der Waals surface area contributed by atoms with Crippen LogP contribution in [0.25, 0.3) is 10.9 Å². The van der Waals surface area contributed by atoms with Crippen molar-refractivity contribution in [3.05, 3.63) is 23.9 Å². The lowest BCUT2D eigenvalue weighted by Crippen LogP contribution is -2.16. The number of aromatic nitrogens is 2. The molecule has 2 aromatic rings. The van der Waals surface area contributed by atoms with E-state index in [0.717, 1.165) is 29.7 Å². The molecule has 0 spiro atoms. The van der Waals surface area contributed by atoms with E-state index in [1.165, 1.54) is 0 Å². The average molecular weight is 205 g/mol. The summed E-state index contributed by atoms with van der Waals surface area (Å²) in [6, 6.07) is 5.26. The van der Waals surface area contributed by atoms with E-state index in [2.05, 4.69) is 10.4 Å². The van der Waals surface area contributed by atoms with Crippen LogP contribution in [0.1, 0.15) is 5.69 Å². The maximum absolute atomic E-state index is 9.39. The molecule has 0 saturated heterocycles. The van der Waals surface area contributed by atoms with Gasteiger partial charge in [-0.15, -0.1) is 0 Å². The molecule has 15 heavy (non-hydrogen) atoms. The first-order valence-electron chi connectivity index (χ1n) is 5.03. The zero-order valence-electron chi connectivity index (χ0n) is 8.99. The molecule has 0 amide bonds. The molecule has 2 N–H and O–H groups in total. The van der Waals surface area contributed by atoms with Crippen molar-refractivity contribution in [1.82, 2.24) is 15.1 Å². The van der Waals surface area contributed by atoms with Crippen LogP contribution in [0.5, 0.6) is 5.75 Å². The topological polar surface area (TPSA) is 50.1 Å². The Hall–Kier alpha value is -1.55. The summed E-state index contributed by atoms with van der Waals surface area (Å²) in [7, 11) is 1.92. The molecule has 0 unspecified atom stereocenters. The van der Waals surface area contributed by atoms with Crippen molar-refractivity contribution in [3.8, 4) is 5.75 Å². The average Bonchev–Trinajstić information content (AvgIpc) is 2.53. The number of rotatable bonds is 3. The number of hydrogen-bond donors (Lipinski definition) is 2. The zero-order valence-corrected chi connectivity index (χ0v) is 8.99. The number of phenols is 1. The first-order chi connectivity index (χ1) is 7.22. The largest absolute Gasteiger partial charge is 0.508 e. The van der Waals surface area contributed by atoms with Crippen molar-refractivity contribution >= 4 is 10.9 Å². The maximum atomic E-state index is 9.39. The Bertz CT molecular complexity index is 476. The van der Waals surface area contributed by atoms with Gasteiger partial charge < -0.3 is 10.4 Å². The highest BCUT2D eigenvalue weighted by atomic mass is 16.3. The highest BCUT2D eigenvalue weighted by Crippen LogP contribution is 2.22. The third-order valence-corrected chi connectivity index (χ3v) is 2.56. The fourth-order valence-electron chi connectivity index (χ4n) is 1.68. The van der Waals surface area contributed by atoms with Crippen LogP contribution in [-0.2, 0) is 6.54 Å². The Morgan fingerprint density at radius 2 is 2.27 bits per heavy atom. The zero-order chi connectivity index (χ0) is 10.8. The highest BCUT2D eigenvalue weighted by Gasteiger charge is 2.06. The first kappa shape index (κ1) is 9.98. The van der Waals surface area contributed by atoms with E-state index in [9.17, 15) is 5.11 Å². The summed E-state index contributed by atoms with van der Waals surface area (Å²) in [5.41, 5.74) is 2.03. The predicted molar refractivity (Wildman–Crippen MR) is 60.1 cm³/mol. The fourth-order valence-corrected chi connectivity index (χ4v) is 1.68. The molecule has 0 aliphatic rings. The second kappa shape index (κ2) is 3.90. The van der Waals surface area contributed by atoms with Crippen LogP contribution in [-0.4, -0.2) is 28.5 Å². The number of likely N-dealkylation sites (N-methyl/N-ethyl adjacent to an activating group) is 1. The van der Waals surface area contributed by atoms with Gasteiger partial charge in [0.1, 0.15) is 5.75 Å². The van der Waals surface area contributed by atoms with Gasteiger partial charge in [-0.1, -0.05) is 0 Å². The standard InChI is InChI=1S/C11H15N3O/c1-8-10-7-9(15)3-4-11(10)13-14(8)6-5-12-2/h3-4,7,12,15H,5-6H2,1-2H3. The SMILES string of the molecule is CNCCn1nc2ccc(O)cc2c1C. The van der Waals surface area contributed by atoms with Crippen LogP contribution < -0.4 is 5.32 Å². The summed E-state index contributed by atoms with van der Waals surface area (Å²) in [5, 5.41) is 18.0. The summed E-state index contributed by atoms with van der Waals surface area (Å²) >= 11 is 0. The van der Waals surface area contributed by atoms with Gasteiger partial charge in [-0.25, -0.2) is 0 Å². The van der Waals surface area contributed by atoms with Gasteiger partial charge in [-0.3, -0.25) is 4.68 Å². The summed E-state index contributed by atoms with van der Waals surface area (Å²) in [6.07, 6.45) is 0. The molecule has 1 aromatic carbocycles. The van der Waals surface area contributed by atoms with Crippen molar-refractivity contribution in [2.75, 3.05) is 13.6 Å². The van der Waals surface area contributed by atoms with Crippen LogP contribution in [0, 0.1) is 6.92 Å².